The van der Waals surface area contributed by atoms with E-state index < -0.39 is 0 Å². The van der Waals surface area contributed by atoms with E-state index in [1.54, 1.807) is 16.9 Å². The van der Waals surface area contributed by atoms with Gasteiger partial charge in [0.2, 0.25) is 0 Å². The topological polar surface area (TPSA) is 79.4 Å². The summed E-state index contributed by atoms with van der Waals surface area (Å²) >= 11 is 0. The summed E-state index contributed by atoms with van der Waals surface area (Å²) < 4.78 is 1.70. The van der Waals surface area contributed by atoms with E-state index in [4.69, 9.17) is 0 Å². The molecule has 0 radical (unpaired) electrons. The Morgan fingerprint density at radius 3 is 2.82 bits per heavy atom. The number of hydrogen-bond donors (Lipinski definition) is 2. The van der Waals surface area contributed by atoms with Crippen LogP contribution >= 0.6 is 0 Å². The third kappa shape index (κ3) is 2.01. The van der Waals surface area contributed by atoms with Crippen molar-refractivity contribution >= 4 is 10.9 Å². The van der Waals surface area contributed by atoms with Crippen molar-refractivity contribution in [2.45, 2.75) is 0 Å². The zero-order valence-electron chi connectivity index (χ0n) is 11.9. The van der Waals surface area contributed by atoms with Gasteiger partial charge in [-0.05, 0) is 18.2 Å². The van der Waals surface area contributed by atoms with E-state index >= 15 is 0 Å². The Balaban J connectivity index is 1.88. The Labute approximate surface area is 125 Å². The Kier molecular flexibility index (Phi) is 2.69. The second-order valence-corrected chi connectivity index (χ2v) is 5.17. The standard InChI is InChI=1S/C16H13N5O/c1-21-9-11(8-17-21)14-7-12(16(22)20-19-14)15-6-10-4-2-3-5-13(10)18-15/h2-9,18H,1H3,(H,20,22). The highest BCUT2D eigenvalue weighted by Crippen LogP contribution is 2.24. The molecule has 2 N–H and O–H groups in total. The van der Waals surface area contributed by atoms with Crippen LogP contribution in [-0.2, 0) is 7.05 Å². The molecule has 0 saturated heterocycles. The average molecular weight is 291 g/mol. The molecule has 0 saturated carbocycles. The molecular weight excluding hydrogens is 278 g/mol. The van der Waals surface area contributed by atoms with Gasteiger partial charge in [0.1, 0.15) is 0 Å². The second kappa shape index (κ2) is 4.70. The molecule has 0 amide bonds. The summed E-state index contributed by atoms with van der Waals surface area (Å²) in [6.07, 6.45) is 3.57. The lowest BCUT2D eigenvalue weighted by molar-refractivity contribution is 0.768. The molecule has 3 aromatic heterocycles. The number of nitrogens with zero attached hydrogens (tertiary/aromatic N) is 3. The summed E-state index contributed by atoms with van der Waals surface area (Å²) in [7, 11) is 1.84. The summed E-state index contributed by atoms with van der Waals surface area (Å²) in [5, 5.41) is 11.8. The Morgan fingerprint density at radius 1 is 1.18 bits per heavy atom. The molecule has 0 unspecified atom stereocenters. The van der Waals surface area contributed by atoms with Crippen LogP contribution in [0, 0.1) is 0 Å². The number of aromatic nitrogens is 5. The van der Waals surface area contributed by atoms with Gasteiger partial charge in [0.25, 0.3) is 5.56 Å². The van der Waals surface area contributed by atoms with Crippen LogP contribution in [0.1, 0.15) is 0 Å². The van der Waals surface area contributed by atoms with E-state index in [9.17, 15) is 4.79 Å². The molecule has 4 aromatic rings. The number of hydrogen-bond acceptors (Lipinski definition) is 3. The van der Waals surface area contributed by atoms with Gasteiger partial charge >= 0.3 is 0 Å². The molecule has 0 aliphatic carbocycles. The number of rotatable bonds is 2. The van der Waals surface area contributed by atoms with E-state index in [1.807, 2.05) is 43.6 Å². The molecule has 22 heavy (non-hydrogen) atoms. The van der Waals surface area contributed by atoms with Crippen LogP contribution in [0.5, 0.6) is 0 Å². The predicted octanol–water partition coefficient (Wildman–Crippen LogP) is 2.32. The van der Waals surface area contributed by atoms with Crippen LogP contribution < -0.4 is 5.56 Å². The average Bonchev–Trinajstić information content (AvgIpc) is 3.13. The van der Waals surface area contributed by atoms with Crippen LogP contribution in [0.15, 0.2) is 53.6 Å². The minimum absolute atomic E-state index is 0.223. The molecule has 3 heterocycles. The van der Waals surface area contributed by atoms with Crippen LogP contribution in [0.4, 0.5) is 0 Å². The lowest BCUT2D eigenvalue weighted by atomic mass is 10.1. The fraction of sp³-hybridized carbons (Fsp3) is 0.0625. The van der Waals surface area contributed by atoms with Gasteiger partial charge in [-0.2, -0.15) is 10.2 Å². The van der Waals surface area contributed by atoms with Crippen molar-refractivity contribution in [1.29, 1.82) is 0 Å². The molecule has 0 spiro atoms. The molecule has 0 atom stereocenters. The Hall–Kier alpha value is -3.15. The first kappa shape index (κ1) is 12.6. The van der Waals surface area contributed by atoms with Crippen molar-refractivity contribution in [3.63, 3.8) is 0 Å². The van der Waals surface area contributed by atoms with Crippen LogP contribution in [0.3, 0.4) is 0 Å². The maximum atomic E-state index is 12.1. The van der Waals surface area contributed by atoms with Gasteiger partial charge in [0.05, 0.1) is 23.1 Å². The minimum Gasteiger partial charge on any atom is -0.354 e. The molecule has 6 heteroatoms. The van der Waals surface area contributed by atoms with Gasteiger partial charge in [-0.15, -0.1) is 0 Å². The molecular formula is C16H13N5O. The van der Waals surface area contributed by atoms with Gasteiger partial charge < -0.3 is 4.98 Å². The van der Waals surface area contributed by atoms with Gasteiger partial charge in [-0.3, -0.25) is 9.48 Å². The fourth-order valence-electron chi connectivity index (χ4n) is 2.53. The number of nitrogens with one attached hydrogen (secondary N) is 2. The van der Waals surface area contributed by atoms with Crippen LogP contribution in [-0.4, -0.2) is 25.0 Å². The molecule has 0 aliphatic heterocycles. The molecule has 108 valence electrons. The van der Waals surface area contributed by atoms with Crippen LogP contribution in [0.2, 0.25) is 0 Å². The number of aromatic amines is 2. The smallest absolute Gasteiger partial charge is 0.273 e. The molecule has 4 rings (SSSR count). The summed E-state index contributed by atoms with van der Waals surface area (Å²) in [6, 6.07) is 11.7. The van der Waals surface area contributed by atoms with Crippen molar-refractivity contribution in [2.75, 3.05) is 0 Å². The Bertz CT molecular complexity index is 991. The molecule has 1 aromatic carbocycles. The largest absolute Gasteiger partial charge is 0.354 e. The van der Waals surface area contributed by atoms with Gasteiger partial charge in [0.15, 0.2) is 0 Å². The highest BCUT2D eigenvalue weighted by atomic mass is 16.1. The highest BCUT2D eigenvalue weighted by molar-refractivity contribution is 5.86. The molecule has 0 bridgehead atoms. The normalized spacial score (nSPS) is 11.1. The maximum Gasteiger partial charge on any atom is 0.273 e. The molecule has 0 fully saturated rings. The van der Waals surface area contributed by atoms with Crippen LogP contribution in [0.25, 0.3) is 33.4 Å². The third-order valence-corrected chi connectivity index (χ3v) is 3.62. The number of fused-ring (bicyclic) bond motifs is 1. The lowest BCUT2D eigenvalue weighted by Gasteiger charge is -2.00. The predicted molar refractivity (Wildman–Crippen MR) is 84.4 cm³/mol. The van der Waals surface area contributed by atoms with Crippen molar-refractivity contribution < 1.29 is 0 Å². The SMILES string of the molecule is Cn1cc(-c2cc(-c3cc4ccccc4[nH]3)c(=O)[nH]n2)cn1. The number of aryl methyl sites for hydroxylation is 1. The van der Waals surface area contributed by atoms with E-state index in [0.717, 1.165) is 22.2 Å². The first-order valence-corrected chi connectivity index (χ1v) is 6.87. The maximum absolute atomic E-state index is 12.1. The van der Waals surface area contributed by atoms with E-state index in [1.165, 1.54) is 0 Å². The summed E-state index contributed by atoms with van der Waals surface area (Å²) in [6.45, 7) is 0. The first-order valence-electron chi connectivity index (χ1n) is 6.87. The number of para-hydroxylation sites is 1. The second-order valence-electron chi connectivity index (χ2n) is 5.17. The zero-order chi connectivity index (χ0) is 15.1. The van der Waals surface area contributed by atoms with E-state index in [-0.39, 0.29) is 5.56 Å². The van der Waals surface area contributed by atoms with Gasteiger partial charge in [-0.25, -0.2) is 5.10 Å². The number of benzene rings is 1. The third-order valence-electron chi connectivity index (χ3n) is 3.62. The monoisotopic (exact) mass is 291 g/mol. The van der Waals surface area contributed by atoms with Gasteiger partial charge in [0, 0.05) is 29.7 Å². The van der Waals surface area contributed by atoms with Crippen molar-refractivity contribution in [3.8, 4) is 22.5 Å². The van der Waals surface area contributed by atoms with Crippen molar-refractivity contribution in [3.05, 3.63) is 59.1 Å². The molecule has 6 nitrogen and oxygen atoms in total. The van der Waals surface area contributed by atoms with Crippen molar-refractivity contribution in [1.82, 2.24) is 25.0 Å². The summed E-state index contributed by atoms with van der Waals surface area (Å²) in [4.78, 5) is 15.4. The van der Waals surface area contributed by atoms with Crippen molar-refractivity contribution in [2.24, 2.45) is 7.05 Å². The number of H-pyrrole nitrogens is 2. The van der Waals surface area contributed by atoms with Gasteiger partial charge in [-0.1, -0.05) is 18.2 Å². The summed E-state index contributed by atoms with van der Waals surface area (Å²) in [5.74, 6) is 0. The molecule has 0 aliphatic rings. The fourth-order valence-corrected chi connectivity index (χ4v) is 2.53. The van der Waals surface area contributed by atoms with E-state index in [2.05, 4.69) is 20.3 Å². The highest BCUT2D eigenvalue weighted by Gasteiger charge is 2.11. The summed E-state index contributed by atoms with van der Waals surface area (Å²) in [5.41, 5.74) is 3.65. The Morgan fingerprint density at radius 2 is 2.05 bits per heavy atom. The quantitative estimate of drug-likeness (QED) is 0.595. The minimum atomic E-state index is -0.223. The van der Waals surface area contributed by atoms with E-state index in [0.29, 0.717) is 11.3 Å². The zero-order valence-corrected chi connectivity index (χ0v) is 11.9. The first-order chi connectivity index (χ1) is 10.7. The lowest BCUT2D eigenvalue weighted by Crippen LogP contribution is -2.11.